The zero-order valence-electron chi connectivity index (χ0n) is 10.1. The first-order valence-corrected chi connectivity index (χ1v) is 7.49. The molecule has 0 saturated heterocycles. The van der Waals surface area contributed by atoms with Crippen molar-refractivity contribution < 1.29 is 21.6 Å². The van der Waals surface area contributed by atoms with Crippen molar-refractivity contribution in [2.24, 2.45) is 0 Å². The first-order chi connectivity index (χ1) is 8.85. The summed E-state index contributed by atoms with van der Waals surface area (Å²) in [7, 11) is -3.10. The van der Waals surface area contributed by atoms with Crippen molar-refractivity contribution in [2.45, 2.75) is 6.42 Å². The molecule has 0 saturated carbocycles. The molecule has 1 aromatic carbocycles. The van der Waals surface area contributed by atoms with Crippen molar-refractivity contribution in [2.75, 3.05) is 12.0 Å². The van der Waals surface area contributed by atoms with Crippen LogP contribution >= 0.6 is 0 Å². The van der Waals surface area contributed by atoms with Gasteiger partial charge in [0.15, 0.2) is 0 Å². The summed E-state index contributed by atoms with van der Waals surface area (Å²) in [5.41, 5.74) is 0.441. The Labute approximate surface area is 109 Å². The van der Waals surface area contributed by atoms with Crippen LogP contribution in [0, 0.1) is 11.6 Å². The second-order valence-electron chi connectivity index (χ2n) is 4.15. The van der Waals surface area contributed by atoms with Gasteiger partial charge in [-0.05, 0) is 12.1 Å². The summed E-state index contributed by atoms with van der Waals surface area (Å²) >= 11 is 0. The van der Waals surface area contributed by atoms with Crippen LogP contribution < -0.4 is 0 Å². The lowest BCUT2D eigenvalue weighted by molar-refractivity contribution is 0.553. The molecule has 0 radical (unpaired) electrons. The summed E-state index contributed by atoms with van der Waals surface area (Å²) in [6.07, 6.45) is 2.57. The van der Waals surface area contributed by atoms with Gasteiger partial charge in [0.05, 0.1) is 17.0 Å². The minimum absolute atomic E-state index is 0.000927. The lowest BCUT2D eigenvalue weighted by Gasteiger charge is -1.97. The van der Waals surface area contributed by atoms with Gasteiger partial charge in [0.25, 0.3) is 0 Å². The molecule has 0 unspecified atom stereocenters. The third kappa shape index (κ3) is 3.60. The molecule has 1 heterocycles. The van der Waals surface area contributed by atoms with Gasteiger partial charge < -0.3 is 4.42 Å². The minimum atomic E-state index is -3.10. The second kappa shape index (κ2) is 5.08. The van der Waals surface area contributed by atoms with Gasteiger partial charge in [-0.2, -0.15) is 0 Å². The summed E-state index contributed by atoms with van der Waals surface area (Å²) in [4.78, 5) is 3.98. The fourth-order valence-corrected chi connectivity index (χ4v) is 2.08. The maximum absolute atomic E-state index is 13.5. The zero-order valence-corrected chi connectivity index (χ0v) is 10.9. The van der Waals surface area contributed by atoms with E-state index in [1.54, 1.807) is 0 Å². The molecule has 7 heteroatoms. The highest BCUT2D eigenvalue weighted by Gasteiger charge is 2.13. The molecule has 19 heavy (non-hydrogen) atoms. The summed E-state index contributed by atoms with van der Waals surface area (Å²) in [5.74, 6) is -1.53. The van der Waals surface area contributed by atoms with Gasteiger partial charge in [0.2, 0.25) is 5.89 Å². The van der Waals surface area contributed by atoms with Crippen LogP contribution in [0.4, 0.5) is 8.78 Å². The van der Waals surface area contributed by atoms with E-state index in [4.69, 9.17) is 4.42 Å². The third-order valence-electron chi connectivity index (χ3n) is 2.44. The minimum Gasteiger partial charge on any atom is -0.444 e. The van der Waals surface area contributed by atoms with Gasteiger partial charge in [0.1, 0.15) is 27.7 Å². The Balaban J connectivity index is 2.21. The van der Waals surface area contributed by atoms with E-state index in [0.717, 1.165) is 18.4 Å². The zero-order chi connectivity index (χ0) is 14.0. The van der Waals surface area contributed by atoms with Crippen molar-refractivity contribution in [3.8, 4) is 11.5 Å². The van der Waals surface area contributed by atoms with Gasteiger partial charge in [-0.25, -0.2) is 22.2 Å². The normalized spacial score (nSPS) is 11.7. The SMILES string of the molecule is CS(=O)(=O)CCc1coc(-c2ccc(F)cc2F)n1. The Hall–Kier alpha value is -1.76. The number of halogens is 2. The van der Waals surface area contributed by atoms with Crippen molar-refractivity contribution in [1.82, 2.24) is 4.98 Å². The molecule has 0 N–H and O–H groups in total. The first-order valence-electron chi connectivity index (χ1n) is 5.43. The third-order valence-corrected chi connectivity index (χ3v) is 3.39. The Bertz CT molecular complexity index is 695. The van der Waals surface area contributed by atoms with Gasteiger partial charge in [0, 0.05) is 18.7 Å². The highest BCUT2D eigenvalue weighted by Crippen LogP contribution is 2.22. The van der Waals surface area contributed by atoms with E-state index < -0.39 is 21.5 Å². The molecule has 2 rings (SSSR count). The standard InChI is InChI=1S/C12H11F2NO3S/c1-19(16,17)5-4-9-7-18-12(15-9)10-3-2-8(13)6-11(10)14/h2-3,6-7H,4-5H2,1H3. The maximum Gasteiger partial charge on any atom is 0.229 e. The van der Waals surface area contributed by atoms with Crippen LogP contribution in [0.3, 0.4) is 0 Å². The van der Waals surface area contributed by atoms with E-state index in [0.29, 0.717) is 5.69 Å². The van der Waals surface area contributed by atoms with E-state index in [-0.39, 0.29) is 23.6 Å². The lowest BCUT2D eigenvalue weighted by atomic mass is 10.2. The van der Waals surface area contributed by atoms with Crippen molar-refractivity contribution in [1.29, 1.82) is 0 Å². The number of benzene rings is 1. The number of oxazole rings is 1. The molecule has 4 nitrogen and oxygen atoms in total. The molecule has 2 aromatic rings. The van der Waals surface area contributed by atoms with Crippen molar-refractivity contribution in [3.63, 3.8) is 0 Å². The molecule has 1 aromatic heterocycles. The van der Waals surface area contributed by atoms with E-state index >= 15 is 0 Å². The molecule has 0 bridgehead atoms. The molecule has 0 aliphatic rings. The largest absolute Gasteiger partial charge is 0.444 e. The first kappa shape index (κ1) is 13.7. The van der Waals surface area contributed by atoms with E-state index in [2.05, 4.69) is 4.98 Å². The molecule has 0 atom stereocenters. The van der Waals surface area contributed by atoms with Crippen LogP contribution in [0.1, 0.15) is 5.69 Å². The highest BCUT2D eigenvalue weighted by atomic mass is 32.2. The summed E-state index contributed by atoms with van der Waals surface area (Å²) in [6, 6.07) is 3.05. The predicted molar refractivity (Wildman–Crippen MR) is 65.3 cm³/mol. The fourth-order valence-electron chi connectivity index (χ4n) is 1.50. The summed E-state index contributed by atoms with van der Waals surface area (Å²) in [5, 5.41) is 0. The van der Waals surface area contributed by atoms with Crippen molar-refractivity contribution in [3.05, 3.63) is 41.8 Å². The van der Waals surface area contributed by atoms with Gasteiger partial charge in [-0.1, -0.05) is 0 Å². The predicted octanol–water partition coefficient (Wildman–Crippen LogP) is 2.21. The van der Waals surface area contributed by atoms with Crippen molar-refractivity contribution >= 4 is 9.84 Å². The number of aryl methyl sites for hydroxylation is 1. The molecular formula is C12H11F2NO3S. The number of sulfone groups is 1. The number of nitrogens with zero attached hydrogens (tertiary/aromatic N) is 1. The average Bonchev–Trinajstić information content (AvgIpc) is 2.74. The molecule has 102 valence electrons. The Morgan fingerprint density at radius 3 is 2.68 bits per heavy atom. The molecular weight excluding hydrogens is 276 g/mol. The molecule has 0 aliphatic carbocycles. The van der Waals surface area contributed by atoms with Crippen LogP contribution in [0.5, 0.6) is 0 Å². The lowest BCUT2D eigenvalue weighted by Crippen LogP contribution is -2.05. The molecule has 0 aliphatic heterocycles. The smallest absolute Gasteiger partial charge is 0.229 e. The van der Waals surface area contributed by atoms with Crippen LogP contribution in [-0.2, 0) is 16.3 Å². The Morgan fingerprint density at radius 1 is 1.32 bits per heavy atom. The summed E-state index contributed by atoms with van der Waals surface area (Å²) in [6.45, 7) is 0. The molecule has 0 fully saturated rings. The number of hydrogen-bond donors (Lipinski definition) is 0. The van der Waals surface area contributed by atoms with Gasteiger partial charge in [-0.15, -0.1) is 0 Å². The average molecular weight is 287 g/mol. The quantitative estimate of drug-likeness (QED) is 0.865. The monoisotopic (exact) mass is 287 g/mol. The topological polar surface area (TPSA) is 60.2 Å². The second-order valence-corrected chi connectivity index (χ2v) is 6.41. The highest BCUT2D eigenvalue weighted by molar-refractivity contribution is 7.90. The van der Waals surface area contributed by atoms with E-state index in [1.165, 1.54) is 12.3 Å². The Kier molecular flexibility index (Phi) is 3.66. The number of aromatic nitrogens is 1. The van der Waals surface area contributed by atoms with Crippen LogP contribution in [-0.4, -0.2) is 25.4 Å². The van der Waals surface area contributed by atoms with Gasteiger partial charge in [-0.3, -0.25) is 0 Å². The molecule has 0 spiro atoms. The van der Waals surface area contributed by atoms with Crippen LogP contribution in [0.2, 0.25) is 0 Å². The van der Waals surface area contributed by atoms with E-state index in [1.807, 2.05) is 0 Å². The number of rotatable bonds is 4. The summed E-state index contributed by atoms with van der Waals surface area (Å²) < 4.78 is 53.3. The van der Waals surface area contributed by atoms with E-state index in [9.17, 15) is 17.2 Å². The Morgan fingerprint density at radius 2 is 2.05 bits per heavy atom. The maximum atomic E-state index is 13.5. The van der Waals surface area contributed by atoms with Gasteiger partial charge >= 0.3 is 0 Å². The van der Waals surface area contributed by atoms with Crippen LogP contribution in [0.25, 0.3) is 11.5 Å². The molecule has 0 amide bonds. The number of hydrogen-bond acceptors (Lipinski definition) is 4. The fraction of sp³-hybridized carbons (Fsp3) is 0.250. The van der Waals surface area contributed by atoms with Crippen LogP contribution in [0.15, 0.2) is 28.9 Å².